The highest BCUT2D eigenvalue weighted by atomic mass is 32.1. The molecule has 0 unspecified atom stereocenters. The van der Waals surface area contributed by atoms with Crippen LogP contribution in [0.2, 0.25) is 0 Å². The van der Waals surface area contributed by atoms with Gasteiger partial charge < -0.3 is 19.1 Å². The van der Waals surface area contributed by atoms with Crippen LogP contribution in [-0.2, 0) is 16.0 Å². The van der Waals surface area contributed by atoms with Crippen LogP contribution in [0.4, 0.5) is 4.79 Å². The Balaban J connectivity index is 1.45. The van der Waals surface area contributed by atoms with Gasteiger partial charge in [-0.15, -0.1) is 0 Å². The number of ether oxygens (including phenoxy) is 1. The van der Waals surface area contributed by atoms with Crippen molar-refractivity contribution in [3.05, 3.63) is 22.7 Å². The molecule has 1 aliphatic rings. The van der Waals surface area contributed by atoms with Crippen LogP contribution in [0.3, 0.4) is 0 Å². The molecule has 0 bridgehead atoms. The van der Waals surface area contributed by atoms with E-state index in [1.807, 2.05) is 16.8 Å². The van der Waals surface area contributed by atoms with E-state index in [-0.39, 0.29) is 12.0 Å². The molecule has 0 radical (unpaired) electrons. The summed E-state index contributed by atoms with van der Waals surface area (Å²) >= 11 is 1.57. The minimum absolute atomic E-state index is 0.0267. The second kappa shape index (κ2) is 8.11. The first kappa shape index (κ1) is 17.4. The molecule has 0 atom stereocenters. The maximum Gasteiger partial charge on any atom is 0.409 e. The summed E-state index contributed by atoms with van der Waals surface area (Å²) in [6, 6.07) is 1.92. The van der Waals surface area contributed by atoms with Crippen molar-refractivity contribution in [2.24, 2.45) is 0 Å². The Hall–Kier alpha value is -2.42. The summed E-state index contributed by atoms with van der Waals surface area (Å²) in [7, 11) is 0. The zero-order chi connectivity index (χ0) is 17.6. The number of carbonyl (C=O) groups is 2. The minimum atomic E-state index is -0.318. The van der Waals surface area contributed by atoms with Gasteiger partial charge in [0, 0.05) is 50.0 Å². The predicted octanol–water partition coefficient (Wildman–Crippen LogP) is 2.03. The number of carbonyl (C=O) groups excluding carboxylic acids is 2. The van der Waals surface area contributed by atoms with Gasteiger partial charge in [-0.05, 0) is 18.4 Å². The number of piperazine rings is 1. The Kier molecular flexibility index (Phi) is 5.64. The predicted molar refractivity (Wildman–Crippen MR) is 91.1 cm³/mol. The first-order valence-electron chi connectivity index (χ1n) is 8.22. The standard InChI is InChI=1S/C16H20N4O4S/c1-2-23-16(22)20-8-6-19(7-9-20)14(21)4-3-13-17-15(18-24-13)12-5-10-25-11-12/h5,10-11H,2-4,6-9H2,1H3. The molecule has 2 aromatic heterocycles. The summed E-state index contributed by atoms with van der Waals surface area (Å²) in [4.78, 5) is 31.7. The van der Waals surface area contributed by atoms with Gasteiger partial charge in [0.25, 0.3) is 0 Å². The highest BCUT2D eigenvalue weighted by molar-refractivity contribution is 7.08. The van der Waals surface area contributed by atoms with Crippen molar-refractivity contribution in [1.29, 1.82) is 0 Å². The molecule has 0 aromatic carbocycles. The normalized spacial score (nSPS) is 14.6. The van der Waals surface area contributed by atoms with Crippen molar-refractivity contribution in [2.75, 3.05) is 32.8 Å². The molecule has 0 aliphatic carbocycles. The maximum absolute atomic E-state index is 12.3. The van der Waals surface area contributed by atoms with E-state index >= 15 is 0 Å². The minimum Gasteiger partial charge on any atom is -0.450 e. The smallest absolute Gasteiger partial charge is 0.409 e. The number of amides is 2. The second-order valence-corrected chi connectivity index (χ2v) is 6.37. The number of aryl methyl sites for hydroxylation is 1. The van der Waals surface area contributed by atoms with Crippen molar-refractivity contribution >= 4 is 23.3 Å². The summed E-state index contributed by atoms with van der Waals surface area (Å²) in [6.45, 7) is 4.15. The quantitative estimate of drug-likeness (QED) is 0.806. The number of aromatic nitrogens is 2. The number of nitrogens with zero attached hydrogens (tertiary/aromatic N) is 4. The van der Waals surface area contributed by atoms with E-state index in [2.05, 4.69) is 10.1 Å². The third kappa shape index (κ3) is 4.36. The van der Waals surface area contributed by atoms with Crippen LogP contribution in [-0.4, -0.2) is 64.7 Å². The molecule has 8 nitrogen and oxygen atoms in total. The van der Waals surface area contributed by atoms with Gasteiger partial charge in [0.2, 0.25) is 17.6 Å². The molecule has 9 heteroatoms. The average molecular weight is 364 g/mol. The first-order chi connectivity index (χ1) is 12.2. The van der Waals surface area contributed by atoms with E-state index in [0.717, 1.165) is 5.56 Å². The second-order valence-electron chi connectivity index (χ2n) is 5.59. The molecule has 0 N–H and O–H groups in total. The SMILES string of the molecule is CCOC(=O)N1CCN(C(=O)CCc2nc(-c3ccsc3)no2)CC1. The molecule has 0 saturated carbocycles. The average Bonchev–Trinajstić information content (AvgIpc) is 3.31. The van der Waals surface area contributed by atoms with Gasteiger partial charge in [0.15, 0.2) is 0 Å². The monoisotopic (exact) mass is 364 g/mol. The number of hydrogen-bond donors (Lipinski definition) is 0. The topological polar surface area (TPSA) is 88.8 Å². The van der Waals surface area contributed by atoms with Crippen LogP contribution >= 0.6 is 11.3 Å². The van der Waals surface area contributed by atoms with Gasteiger partial charge in [-0.1, -0.05) is 5.16 Å². The third-order valence-electron chi connectivity index (χ3n) is 3.96. The Morgan fingerprint density at radius 3 is 2.72 bits per heavy atom. The van der Waals surface area contributed by atoms with Gasteiger partial charge in [0.05, 0.1) is 6.61 Å². The summed E-state index contributed by atoms with van der Waals surface area (Å²) in [5.41, 5.74) is 0.918. The van der Waals surface area contributed by atoms with Gasteiger partial charge in [-0.2, -0.15) is 16.3 Å². The van der Waals surface area contributed by atoms with Gasteiger partial charge >= 0.3 is 6.09 Å². The molecule has 0 spiro atoms. The molecule has 1 saturated heterocycles. The fourth-order valence-corrected chi connectivity index (χ4v) is 3.22. The van der Waals surface area contributed by atoms with E-state index in [9.17, 15) is 9.59 Å². The van der Waals surface area contributed by atoms with Crippen LogP contribution < -0.4 is 0 Å². The molecule has 134 valence electrons. The van der Waals surface area contributed by atoms with Crippen molar-refractivity contribution in [2.45, 2.75) is 19.8 Å². The van der Waals surface area contributed by atoms with Crippen LogP contribution in [0.15, 0.2) is 21.3 Å². The molecule has 2 amide bonds. The maximum atomic E-state index is 12.3. The molecule has 3 rings (SSSR count). The third-order valence-corrected chi connectivity index (χ3v) is 4.64. The van der Waals surface area contributed by atoms with E-state index in [4.69, 9.17) is 9.26 Å². The van der Waals surface area contributed by atoms with E-state index in [1.54, 1.807) is 28.1 Å². The van der Waals surface area contributed by atoms with Crippen molar-refractivity contribution in [1.82, 2.24) is 19.9 Å². The lowest BCUT2D eigenvalue weighted by atomic mass is 10.2. The number of hydrogen-bond acceptors (Lipinski definition) is 7. The van der Waals surface area contributed by atoms with Crippen LogP contribution in [0, 0.1) is 0 Å². The van der Waals surface area contributed by atoms with E-state index < -0.39 is 0 Å². The Morgan fingerprint density at radius 2 is 2.04 bits per heavy atom. The van der Waals surface area contributed by atoms with Crippen LogP contribution in [0.5, 0.6) is 0 Å². The zero-order valence-electron chi connectivity index (χ0n) is 14.0. The number of thiophene rings is 1. The van der Waals surface area contributed by atoms with Crippen molar-refractivity contribution in [3.8, 4) is 11.4 Å². The van der Waals surface area contributed by atoms with Crippen molar-refractivity contribution < 1.29 is 18.8 Å². The summed E-state index contributed by atoms with van der Waals surface area (Å²) < 4.78 is 10.2. The zero-order valence-corrected chi connectivity index (χ0v) is 14.8. The summed E-state index contributed by atoms with van der Waals surface area (Å²) in [6.07, 6.45) is 0.403. The first-order valence-corrected chi connectivity index (χ1v) is 9.16. The van der Waals surface area contributed by atoms with E-state index in [1.165, 1.54) is 0 Å². The molecule has 25 heavy (non-hydrogen) atoms. The van der Waals surface area contributed by atoms with Gasteiger partial charge in [-0.25, -0.2) is 4.79 Å². The summed E-state index contributed by atoms with van der Waals surface area (Å²) in [5.74, 6) is 1.03. The highest BCUT2D eigenvalue weighted by Gasteiger charge is 2.25. The van der Waals surface area contributed by atoms with E-state index in [0.29, 0.717) is 57.3 Å². The largest absolute Gasteiger partial charge is 0.450 e. The van der Waals surface area contributed by atoms with Crippen LogP contribution in [0.25, 0.3) is 11.4 Å². The van der Waals surface area contributed by atoms with Crippen molar-refractivity contribution in [3.63, 3.8) is 0 Å². The summed E-state index contributed by atoms with van der Waals surface area (Å²) in [5, 5.41) is 7.83. The Labute approximate surface area is 149 Å². The molecule has 1 fully saturated rings. The molecular formula is C16H20N4O4S. The molecule has 3 heterocycles. The number of rotatable bonds is 5. The molecular weight excluding hydrogens is 344 g/mol. The van der Waals surface area contributed by atoms with Gasteiger partial charge in [-0.3, -0.25) is 4.79 Å². The Bertz CT molecular complexity index is 708. The van der Waals surface area contributed by atoms with Crippen LogP contribution in [0.1, 0.15) is 19.2 Å². The highest BCUT2D eigenvalue weighted by Crippen LogP contribution is 2.19. The van der Waals surface area contributed by atoms with Gasteiger partial charge in [0.1, 0.15) is 0 Å². The molecule has 1 aliphatic heterocycles. The lowest BCUT2D eigenvalue weighted by Gasteiger charge is -2.34. The fraction of sp³-hybridized carbons (Fsp3) is 0.500. The lowest BCUT2D eigenvalue weighted by Crippen LogP contribution is -2.50. The lowest BCUT2D eigenvalue weighted by molar-refractivity contribution is -0.132. The fourth-order valence-electron chi connectivity index (χ4n) is 2.59. The Morgan fingerprint density at radius 1 is 1.28 bits per heavy atom. The molecule has 2 aromatic rings.